The Morgan fingerprint density at radius 3 is 2.64 bits per heavy atom. The average Bonchev–Trinajstić information content (AvgIpc) is 3.18. The van der Waals surface area contributed by atoms with Crippen molar-refractivity contribution in [3.05, 3.63) is 34.6 Å². The molecule has 150 valence electrons. The molecule has 2 aliphatic carbocycles. The molecule has 2 aliphatic heterocycles. The van der Waals surface area contributed by atoms with Crippen molar-refractivity contribution in [2.75, 3.05) is 0 Å². The van der Waals surface area contributed by atoms with E-state index >= 15 is 0 Å². The van der Waals surface area contributed by atoms with E-state index in [-0.39, 0.29) is 5.41 Å². The van der Waals surface area contributed by atoms with E-state index in [1.165, 1.54) is 13.2 Å². The van der Waals surface area contributed by atoms with Crippen LogP contribution in [0.4, 0.5) is 0 Å². The van der Waals surface area contributed by atoms with Crippen molar-refractivity contribution in [2.24, 2.45) is 11.3 Å². The Bertz CT molecular complexity index is 845. The third-order valence-electron chi connectivity index (χ3n) is 5.99. The SMILES string of the molecule is CC(=O)OC1C2=C([C@H]3OC(=O)/C(=C/O[C@H]4C=C(C)C(=O)O4)[C@@H]13)C(C)(C)CCC2. The standard InChI is InChI=1S/C21H24O7/c1-10-8-14(27-19(10)23)25-9-13-15-17(26-11(2)22)12-6-5-7-21(3,4)16(12)18(15)28-20(13)24/h8-9,14-15,17-18H,5-7H2,1-4H3/b13-9+/t14-,15+,17?,18+/m1/s1. The largest absolute Gasteiger partial charge is 0.458 e. The van der Waals surface area contributed by atoms with Gasteiger partial charge in [0.15, 0.2) is 0 Å². The maximum Gasteiger partial charge on any atom is 0.338 e. The van der Waals surface area contributed by atoms with Crippen LogP contribution >= 0.6 is 0 Å². The Hall–Kier alpha value is -2.57. The van der Waals surface area contributed by atoms with Crippen LogP contribution in [0.3, 0.4) is 0 Å². The monoisotopic (exact) mass is 388 g/mol. The van der Waals surface area contributed by atoms with Gasteiger partial charge in [0.25, 0.3) is 6.29 Å². The van der Waals surface area contributed by atoms with Gasteiger partial charge >= 0.3 is 17.9 Å². The highest BCUT2D eigenvalue weighted by Gasteiger charge is 2.58. The van der Waals surface area contributed by atoms with Gasteiger partial charge in [-0.3, -0.25) is 4.79 Å². The van der Waals surface area contributed by atoms with Gasteiger partial charge in [0.05, 0.1) is 17.8 Å². The van der Waals surface area contributed by atoms with Crippen molar-refractivity contribution in [2.45, 2.75) is 65.5 Å². The molecule has 0 bridgehead atoms. The summed E-state index contributed by atoms with van der Waals surface area (Å²) in [7, 11) is 0. The predicted molar refractivity (Wildman–Crippen MR) is 96.4 cm³/mol. The van der Waals surface area contributed by atoms with E-state index in [4.69, 9.17) is 18.9 Å². The number of ether oxygens (including phenoxy) is 4. The van der Waals surface area contributed by atoms with Gasteiger partial charge in [0.1, 0.15) is 12.2 Å². The molecule has 0 aromatic heterocycles. The second-order valence-electron chi connectivity index (χ2n) is 8.39. The van der Waals surface area contributed by atoms with Gasteiger partial charge in [-0.15, -0.1) is 0 Å². The molecule has 1 unspecified atom stereocenters. The Morgan fingerprint density at radius 1 is 1.25 bits per heavy atom. The minimum Gasteiger partial charge on any atom is -0.458 e. The molecule has 28 heavy (non-hydrogen) atoms. The highest BCUT2D eigenvalue weighted by atomic mass is 16.7. The first-order valence-corrected chi connectivity index (χ1v) is 9.55. The molecule has 0 aromatic rings. The summed E-state index contributed by atoms with van der Waals surface area (Å²) in [4.78, 5) is 35.8. The summed E-state index contributed by atoms with van der Waals surface area (Å²) in [5.41, 5.74) is 2.74. The average molecular weight is 388 g/mol. The van der Waals surface area contributed by atoms with Crippen molar-refractivity contribution < 1.29 is 33.3 Å². The van der Waals surface area contributed by atoms with Crippen molar-refractivity contribution in [3.8, 4) is 0 Å². The second-order valence-corrected chi connectivity index (χ2v) is 8.39. The van der Waals surface area contributed by atoms with Crippen LogP contribution in [0.5, 0.6) is 0 Å². The maximum absolute atomic E-state index is 12.6. The molecule has 0 amide bonds. The molecular weight excluding hydrogens is 364 g/mol. The Kier molecular flexibility index (Phi) is 4.36. The molecule has 0 spiro atoms. The lowest BCUT2D eigenvalue weighted by molar-refractivity contribution is -0.152. The Morgan fingerprint density at radius 2 is 2.00 bits per heavy atom. The minimum absolute atomic E-state index is 0.136. The van der Waals surface area contributed by atoms with Gasteiger partial charge in [0, 0.05) is 18.6 Å². The summed E-state index contributed by atoms with van der Waals surface area (Å²) in [5, 5.41) is 0. The van der Waals surface area contributed by atoms with E-state index in [2.05, 4.69) is 13.8 Å². The topological polar surface area (TPSA) is 88.1 Å². The van der Waals surface area contributed by atoms with Gasteiger partial charge in [-0.25, -0.2) is 9.59 Å². The number of rotatable bonds is 3. The fourth-order valence-corrected chi connectivity index (χ4v) is 4.78. The fraction of sp³-hybridized carbons (Fsp3) is 0.571. The van der Waals surface area contributed by atoms with Crippen LogP contribution in [0.15, 0.2) is 34.6 Å². The van der Waals surface area contributed by atoms with Crippen LogP contribution in [0.2, 0.25) is 0 Å². The Balaban J connectivity index is 1.67. The summed E-state index contributed by atoms with van der Waals surface area (Å²) in [6.45, 7) is 7.26. The number of fused-ring (bicyclic) bond motifs is 2. The van der Waals surface area contributed by atoms with E-state index < -0.39 is 42.3 Å². The summed E-state index contributed by atoms with van der Waals surface area (Å²) in [6.07, 6.45) is 3.76. The van der Waals surface area contributed by atoms with Crippen LogP contribution in [-0.4, -0.2) is 36.4 Å². The highest BCUT2D eigenvalue weighted by molar-refractivity contribution is 5.93. The first-order chi connectivity index (χ1) is 13.2. The first kappa shape index (κ1) is 18.8. The lowest BCUT2D eigenvalue weighted by Gasteiger charge is -2.34. The third kappa shape index (κ3) is 2.93. The zero-order valence-electron chi connectivity index (χ0n) is 16.4. The number of hydrogen-bond donors (Lipinski definition) is 0. The zero-order valence-corrected chi connectivity index (χ0v) is 16.4. The van der Waals surface area contributed by atoms with Crippen molar-refractivity contribution >= 4 is 17.9 Å². The van der Waals surface area contributed by atoms with Crippen molar-refractivity contribution in [1.82, 2.24) is 0 Å². The minimum atomic E-state index is -0.876. The van der Waals surface area contributed by atoms with Gasteiger partial charge < -0.3 is 18.9 Å². The lowest BCUT2D eigenvalue weighted by atomic mass is 9.72. The normalized spacial score (nSPS) is 34.6. The number of esters is 3. The van der Waals surface area contributed by atoms with Crippen LogP contribution in [0.25, 0.3) is 0 Å². The third-order valence-corrected chi connectivity index (χ3v) is 5.99. The van der Waals surface area contributed by atoms with Gasteiger partial charge in [-0.2, -0.15) is 0 Å². The molecule has 4 atom stereocenters. The van der Waals surface area contributed by atoms with Gasteiger partial charge in [-0.05, 0) is 42.7 Å². The molecular formula is C21H24O7. The van der Waals surface area contributed by atoms with Crippen LogP contribution in [0, 0.1) is 11.3 Å². The molecule has 2 heterocycles. The molecule has 7 heteroatoms. The predicted octanol–water partition coefficient (Wildman–Crippen LogP) is 2.71. The quantitative estimate of drug-likeness (QED) is 0.241. The lowest BCUT2D eigenvalue weighted by Crippen LogP contribution is -2.29. The number of carbonyl (C=O) groups is 3. The number of carbonyl (C=O) groups excluding carboxylic acids is 3. The number of hydrogen-bond acceptors (Lipinski definition) is 7. The fourth-order valence-electron chi connectivity index (χ4n) is 4.78. The first-order valence-electron chi connectivity index (χ1n) is 9.55. The summed E-state index contributed by atoms with van der Waals surface area (Å²) in [6, 6.07) is 0. The number of cyclic esters (lactones) is 1. The van der Waals surface area contributed by atoms with E-state index in [0.717, 1.165) is 30.4 Å². The smallest absolute Gasteiger partial charge is 0.338 e. The van der Waals surface area contributed by atoms with Gasteiger partial charge in [0.2, 0.25) is 0 Å². The summed E-state index contributed by atoms with van der Waals surface area (Å²) in [5.74, 6) is -1.79. The zero-order chi connectivity index (χ0) is 20.2. The highest BCUT2D eigenvalue weighted by Crippen LogP contribution is 2.55. The molecule has 4 aliphatic rings. The summed E-state index contributed by atoms with van der Waals surface area (Å²) >= 11 is 0. The molecule has 1 fully saturated rings. The molecule has 0 aromatic carbocycles. The molecule has 7 nitrogen and oxygen atoms in total. The van der Waals surface area contributed by atoms with Crippen LogP contribution in [0.1, 0.15) is 47.0 Å². The molecule has 0 N–H and O–H groups in total. The van der Waals surface area contributed by atoms with Crippen LogP contribution < -0.4 is 0 Å². The molecule has 0 radical (unpaired) electrons. The Labute approximate surface area is 163 Å². The molecule has 1 saturated heterocycles. The van der Waals surface area contributed by atoms with E-state index in [9.17, 15) is 14.4 Å². The molecule has 0 saturated carbocycles. The maximum atomic E-state index is 12.6. The molecule has 4 rings (SSSR count). The van der Waals surface area contributed by atoms with E-state index in [0.29, 0.717) is 11.1 Å². The van der Waals surface area contributed by atoms with Crippen molar-refractivity contribution in [3.63, 3.8) is 0 Å². The van der Waals surface area contributed by atoms with Gasteiger partial charge in [-0.1, -0.05) is 13.8 Å². The van der Waals surface area contributed by atoms with Crippen molar-refractivity contribution in [1.29, 1.82) is 0 Å². The van der Waals surface area contributed by atoms with E-state index in [1.807, 2.05) is 0 Å². The second kappa shape index (κ2) is 6.50. The summed E-state index contributed by atoms with van der Waals surface area (Å²) < 4.78 is 21.9. The van der Waals surface area contributed by atoms with E-state index in [1.54, 1.807) is 13.0 Å². The van der Waals surface area contributed by atoms with Crippen LogP contribution in [-0.2, 0) is 33.3 Å².